The number of nitrogens with zero attached hydrogens (tertiary/aromatic N) is 4. The standard InChI is InChI=1S/C22H26N4OS/c1-2-27-22(25-10-6-7-11-25)17-12-26(13-17)20-19-18(16-8-4-3-5-9-16)14-28-21(19)24-15-23-20/h3-5,8-9,14-15,17,22H,2,6-7,10-13H2,1H3. The highest BCUT2D eigenvalue weighted by atomic mass is 32.1. The van der Waals surface area contributed by atoms with E-state index in [1.165, 1.54) is 42.4 Å². The topological polar surface area (TPSA) is 41.5 Å². The van der Waals surface area contributed by atoms with Crippen LogP contribution in [0.4, 0.5) is 5.82 Å². The molecule has 4 heterocycles. The summed E-state index contributed by atoms with van der Waals surface area (Å²) in [5.74, 6) is 1.61. The number of hydrogen-bond acceptors (Lipinski definition) is 6. The summed E-state index contributed by atoms with van der Waals surface area (Å²) in [4.78, 5) is 15.2. The fourth-order valence-electron chi connectivity index (χ4n) is 4.50. The Balaban J connectivity index is 1.41. The van der Waals surface area contributed by atoms with Gasteiger partial charge in [-0.1, -0.05) is 30.3 Å². The minimum absolute atomic E-state index is 0.247. The molecule has 1 aromatic carbocycles. The van der Waals surface area contributed by atoms with Crippen molar-refractivity contribution >= 4 is 27.4 Å². The Bertz CT molecular complexity index is 932. The molecule has 2 saturated heterocycles. The molecule has 0 aliphatic carbocycles. The van der Waals surface area contributed by atoms with Crippen molar-refractivity contribution in [2.45, 2.75) is 26.0 Å². The first-order chi connectivity index (χ1) is 13.8. The normalized spacial score (nSPS) is 19.2. The van der Waals surface area contributed by atoms with Crippen molar-refractivity contribution in [2.24, 2.45) is 5.92 Å². The molecule has 0 amide bonds. The van der Waals surface area contributed by atoms with E-state index in [0.717, 1.165) is 30.3 Å². The minimum atomic E-state index is 0.247. The minimum Gasteiger partial charge on any atom is -0.363 e. The SMILES string of the molecule is CCOC(C1CN(c2ncnc3scc(-c4ccccc4)c23)C1)N1CCCC1. The van der Waals surface area contributed by atoms with E-state index >= 15 is 0 Å². The average molecular weight is 395 g/mol. The highest BCUT2D eigenvalue weighted by Crippen LogP contribution is 2.40. The van der Waals surface area contributed by atoms with Crippen LogP contribution in [0.2, 0.25) is 0 Å². The van der Waals surface area contributed by atoms with Crippen molar-refractivity contribution < 1.29 is 4.74 Å². The molecule has 5 nitrogen and oxygen atoms in total. The first-order valence-corrected chi connectivity index (χ1v) is 11.1. The molecular weight excluding hydrogens is 368 g/mol. The van der Waals surface area contributed by atoms with Gasteiger partial charge in [-0.25, -0.2) is 9.97 Å². The van der Waals surface area contributed by atoms with Gasteiger partial charge in [0.05, 0.1) is 5.39 Å². The van der Waals surface area contributed by atoms with E-state index in [1.54, 1.807) is 17.7 Å². The van der Waals surface area contributed by atoms with Gasteiger partial charge in [0.1, 0.15) is 23.2 Å². The molecule has 5 rings (SSSR count). The summed E-state index contributed by atoms with van der Waals surface area (Å²) in [5, 5.41) is 3.40. The van der Waals surface area contributed by atoms with Crippen LogP contribution in [-0.4, -0.2) is 53.9 Å². The summed E-state index contributed by atoms with van der Waals surface area (Å²) in [6, 6.07) is 10.6. The largest absolute Gasteiger partial charge is 0.363 e. The van der Waals surface area contributed by atoms with Crippen molar-refractivity contribution in [2.75, 3.05) is 37.7 Å². The Labute approximate surface area is 170 Å². The molecule has 0 spiro atoms. The van der Waals surface area contributed by atoms with Crippen molar-refractivity contribution in [3.05, 3.63) is 42.0 Å². The predicted octanol–water partition coefficient (Wildman–Crippen LogP) is 4.25. The van der Waals surface area contributed by atoms with Gasteiger partial charge in [0.2, 0.25) is 0 Å². The fraction of sp³-hybridized carbons (Fsp3) is 0.455. The zero-order valence-corrected chi connectivity index (χ0v) is 17.1. The van der Waals surface area contributed by atoms with Crippen LogP contribution in [0.3, 0.4) is 0 Å². The van der Waals surface area contributed by atoms with Crippen LogP contribution >= 0.6 is 11.3 Å². The number of thiophene rings is 1. The smallest absolute Gasteiger partial charge is 0.141 e. The first kappa shape index (κ1) is 18.0. The number of anilines is 1. The van der Waals surface area contributed by atoms with Gasteiger partial charge in [-0.3, -0.25) is 4.90 Å². The molecule has 6 heteroatoms. The van der Waals surface area contributed by atoms with Gasteiger partial charge in [-0.15, -0.1) is 11.3 Å². The Hall–Kier alpha value is -2.02. The van der Waals surface area contributed by atoms with Crippen molar-refractivity contribution in [1.82, 2.24) is 14.9 Å². The second-order valence-electron chi connectivity index (χ2n) is 7.65. The molecule has 1 unspecified atom stereocenters. The van der Waals surface area contributed by atoms with Crippen molar-refractivity contribution in [3.63, 3.8) is 0 Å². The first-order valence-electron chi connectivity index (χ1n) is 10.2. The Morgan fingerprint density at radius 1 is 1.14 bits per heavy atom. The Morgan fingerprint density at radius 3 is 2.68 bits per heavy atom. The molecule has 3 aromatic rings. The molecule has 2 fully saturated rings. The molecule has 0 bridgehead atoms. The van der Waals surface area contributed by atoms with E-state index in [-0.39, 0.29) is 6.23 Å². The predicted molar refractivity (Wildman–Crippen MR) is 115 cm³/mol. The van der Waals surface area contributed by atoms with Crippen LogP contribution in [0.1, 0.15) is 19.8 Å². The third-order valence-corrected chi connectivity index (χ3v) is 6.77. The lowest BCUT2D eigenvalue weighted by molar-refractivity contribution is -0.0869. The van der Waals surface area contributed by atoms with Gasteiger partial charge in [-0.2, -0.15) is 0 Å². The monoisotopic (exact) mass is 394 g/mol. The zero-order valence-electron chi connectivity index (χ0n) is 16.3. The van der Waals surface area contributed by atoms with Crippen LogP contribution < -0.4 is 4.90 Å². The Kier molecular flexibility index (Phi) is 5.01. The molecule has 28 heavy (non-hydrogen) atoms. The van der Waals surface area contributed by atoms with Crippen LogP contribution in [0, 0.1) is 5.92 Å². The molecule has 146 valence electrons. The average Bonchev–Trinajstić information content (AvgIpc) is 3.37. The number of rotatable bonds is 6. The molecular formula is C22H26N4OS. The van der Waals surface area contributed by atoms with Crippen molar-refractivity contribution in [1.29, 1.82) is 0 Å². The maximum atomic E-state index is 6.15. The third-order valence-electron chi connectivity index (χ3n) is 5.89. The van der Waals surface area contributed by atoms with Gasteiger partial charge >= 0.3 is 0 Å². The summed E-state index contributed by atoms with van der Waals surface area (Å²) in [6.07, 6.45) is 4.54. The van der Waals surface area contributed by atoms with E-state index < -0.39 is 0 Å². The van der Waals surface area contributed by atoms with Crippen LogP contribution in [0.25, 0.3) is 21.3 Å². The van der Waals surface area contributed by atoms with E-state index in [2.05, 4.69) is 57.4 Å². The lowest BCUT2D eigenvalue weighted by Crippen LogP contribution is -2.57. The van der Waals surface area contributed by atoms with Crippen LogP contribution in [0.15, 0.2) is 42.0 Å². The number of hydrogen-bond donors (Lipinski definition) is 0. The summed E-state index contributed by atoms with van der Waals surface area (Å²) in [7, 11) is 0. The number of benzene rings is 1. The van der Waals surface area contributed by atoms with Gasteiger partial charge in [0, 0.05) is 49.6 Å². The van der Waals surface area contributed by atoms with Crippen molar-refractivity contribution in [3.8, 4) is 11.1 Å². The van der Waals surface area contributed by atoms with E-state index in [1.807, 2.05) is 0 Å². The van der Waals surface area contributed by atoms with Gasteiger partial charge < -0.3 is 9.64 Å². The quantitative estimate of drug-likeness (QED) is 0.625. The van der Waals surface area contributed by atoms with Gasteiger partial charge in [0.15, 0.2) is 0 Å². The number of likely N-dealkylation sites (tertiary alicyclic amines) is 1. The maximum absolute atomic E-state index is 6.15. The van der Waals surface area contributed by atoms with E-state index in [4.69, 9.17) is 9.72 Å². The zero-order chi connectivity index (χ0) is 18.9. The summed E-state index contributed by atoms with van der Waals surface area (Å²) < 4.78 is 6.15. The molecule has 0 saturated carbocycles. The number of ether oxygens (including phenoxy) is 1. The van der Waals surface area contributed by atoms with E-state index in [9.17, 15) is 0 Å². The summed E-state index contributed by atoms with van der Waals surface area (Å²) >= 11 is 1.70. The highest BCUT2D eigenvalue weighted by molar-refractivity contribution is 7.17. The fourth-order valence-corrected chi connectivity index (χ4v) is 5.41. The maximum Gasteiger partial charge on any atom is 0.141 e. The molecule has 2 aliphatic rings. The van der Waals surface area contributed by atoms with Crippen LogP contribution in [-0.2, 0) is 4.74 Å². The molecule has 2 aromatic heterocycles. The van der Waals surface area contributed by atoms with Gasteiger partial charge in [0.25, 0.3) is 0 Å². The highest BCUT2D eigenvalue weighted by Gasteiger charge is 2.39. The summed E-state index contributed by atoms with van der Waals surface area (Å²) in [6.45, 7) is 7.21. The second-order valence-corrected chi connectivity index (χ2v) is 8.50. The molecule has 1 atom stereocenters. The number of aromatic nitrogens is 2. The van der Waals surface area contributed by atoms with Gasteiger partial charge in [-0.05, 0) is 25.3 Å². The molecule has 0 N–H and O–H groups in total. The number of fused-ring (bicyclic) bond motifs is 1. The molecule has 0 radical (unpaired) electrons. The Morgan fingerprint density at radius 2 is 1.93 bits per heavy atom. The lowest BCUT2D eigenvalue weighted by Gasteiger charge is -2.46. The second kappa shape index (κ2) is 7.78. The van der Waals surface area contributed by atoms with Crippen LogP contribution in [0.5, 0.6) is 0 Å². The lowest BCUT2D eigenvalue weighted by atomic mass is 9.96. The van der Waals surface area contributed by atoms with E-state index in [0.29, 0.717) is 5.92 Å². The molecule has 2 aliphatic heterocycles. The summed E-state index contributed by atoms with van der Waals surface area (Å²) in [5.41, 5.74) is 2.46. The third kappa shape index (κ3) is 3.19.